The normalized spacial score (nSPS) is 8.15. The van der Waals surface area contributed by atoms with Gasteiger partial charge in [-0.1, -0.05) is 13.8 Å². The van der Waals surface area contributed by atoms with Crippen molar-refractivity contribution in [2.24, 2.45) is 0 Å². The Morgan fingerprint density at radius 1 is 0.615 bits per heavy atom. The second kappa shape index (κ2) is 6.81. The largest absolute Gasteiger partial charge is 0.213 e. The maximum atomic E-state index is 2.08. The zero-order valence-corrected chi connectivity index (χ0v) is 10.5. The molecule has 0 aromatic heterocycles. The molecule has 0 heterocycles. The van der Waals surface area contributed by atoms with E-state index in [9.17, 15) is 0 Å². The van der Waals surface area contributed by atoms with E-state index in [1.54, 1.807) is 0 Å². The molecule has 13 heavy (non-hydrogen) atoms. The van der Waals surface area contributed by atoms with Crippen LogP contribution in [-0.2, 0) is 19.8 Å². The first-order valence-corrected chi connectivity index (χ1v) is 4.15. The van der Waals surface area contributed by atoms with Gasteiger partial charge >= 0.3 is 0 Å². The fourth-order valence-corrected chi connectivity index (χ4v) is 0.940. The van der Waals surface area contributed by atoms with E-state index < -0.39 is 0 Å². The minimum absolute atomic E-state index is 0. The first-order valence-electron chi connectivity index (χ1n) is 4.15. The van der Waals surface area contributed by atoms with Gasteiger partial charge in [0, 0.05) is 19.8 Å². The van der Waals surface area contributed by atoms with Crippen LogP contribution >= 0.6 is 0 Å². The topological polar surface area (TPSA) is 0 Å². The average Bonchev–Trinajstić information content (AvgIpc) is 2.63. The second-order valence-electron chi connectivity index (χ2n) is 2.92. The van der Waals surface area contributed by atoms with Crippen molar-refractivity contribution >= 4 is 0 Å². The molecule has 0 atom stereocenters. The van der Waals surface area contributed by atoms with Crippen LogP contribution in [0.25, 0.3) is 0 Å². The maximum absolute atomic E-state index is 2.08. The summed E-state index contributed by atoms with van der Waals surface area (Å²) in [6.45, 7) is 4.17. The Bertz CT molecular complexity index is 245. The summed E-state index contributed by atoms with van der Waals surface area (Å²) in [6, 6.07) is 16.5. The van der Waals surface area contributed by atoms with Gasteiger partial charge in [-0.3, -0.25) is 0 Å². The molecule has 0 aliphatic rings. The van der Waals surface area contributed by atoms with Crippen LogP contribution < -0.4 is 0 Å². The fraction of sp³-hybridized carbons (Fsp3) is 0.167. The zero-order valence-electron chi connectivity index (χ0n) is 7.97. The Balaban J connectivity index is 0.000000206. The molecule has 0 N–H and O–H groups in total. The Morgan fingerprint density at radius 3 is 0.923 bits per heavy atom. The summed E-state index contributed by atoms with van der Waals surface area (Å²) in [7, 11) is 0. The van der Waals surface area contributed by atoms with Gasteiger partial charge in [-0.05, 0) is 0 Å². The summed E-state index contributed by atoms with van der Waals surface area (Å²) in [4.78, 5) is 0. The minimum Gasteiger partial charge on any atom is -0.213 e. The first-order chi connectivity index (χ1) is 5.79. The van der Waals surface area contributed by atoms with Gasteiger partial charge in [0.05, 0.1) is 0 Å². The van der Waals surface area contributed by atoms with E-state index in [-0.39, 0.29) is 19.8 Å². The summed E-state index contributed by atoms with van der Waals surface area (Å²) in [5.74, 6) is 0. The minimum atomic E-state index is 0. The van der Waals surface area contributed by atoms with Gasteiger partial charge in [0.25, 0.3) is 0 Å². The smallest absolute Gasteiger partial charge is 0 e. The molecule has 2 aromatic rings. The Morgan fingerprint density at radius 2 is 0.846 bits per heavy atom. The van der Waals surface area contributed by atoms with Crippen molar-refractivity contribution in [1.29, 1.82) is 0 Å². The van der Waals surface area contributed by atoms with E-state index in [0.717, 1.165) is 0 Å². The molecule has 0 bridgehead atoms. The third kappa shape index (κ3) is 5.56. The number of aryl methyl sites for hydroxylation is 2. The molecule has 2 rings (SSSR count). The summed E-state index contributed by atoms with van der Waals surface area (Å²) in [6.07, 6.45) is 0. The SMILES string of the molecule is C[c-]1cccc1.C[c-]1cccc1.[Os]. The van der Waals surface area contributed by atoms with E-state index in [1.165, 1.54) is 11.1 Å². The first kappa shape index (κ1) is 12.3. The zero-order chi connectivity index (χ0) is 8.81. The van der Waals surface area contributed by atoms with E-state index in [4.69, 9.17) is 0 Å². The van der Waals surface area contributed by atoms with Gasteiger partial charge in [0.2, 0.25) is 0 Å². The van der Waals surface area contributed by atoms with Crippen molar-refractivity contribution in [3.05, 3.63) is 59.7 Å². The van der Waals surface area contributed by atoms with Crippen LogP contribution in [0, 0.1) is 13.8 Å². The van der Waals surface area contributed by atoms with Crippen molar-refractivity contribution < 1.29 is 19.8 Å². The summed E-state index contributed by atoms with van der Waals surface area (Å²) in [5.41, 5.74) is 2.69. The summed E-state index contributed by atoms with van der Waals surface area (Å²) in [5, 5.41) is 0. The standard InChI is InChI=1S/2C6H7.Os/c2*1-6-4-2-3-5-6;/h2*2-5H,1H3;/q2*-1;. The van der Waals surface area contributed by atoms with Crippen molar-refractivity contribution in [2.75, 3.05) is 0 Å². The number of rotatable bonds is 0. The molecule has 0 radical (unpaired) electrons. The van der Waals surface area contributed by atoms with Crippen LogP contribution in [0.15, 0.2) is 48.5 Å². The molecule has 0 spiro atoms. The second-order valence-corrected chi connectivity index (χ2v) is 2.92. The van der Waals surface area contributed by atoms with Gasteiger partial charge < -0.3 is 0 Å². The van der Waals surface area contributed by atoms with Crippen LogP contribution in [0.5, 0.6) is 0 Å². The molecular weight excluding hydrogens is 334 g/mol. The predicted octanol–water partition coefficient (Wildman–Crippen LogP) is 3.43. The molecule has 2 aromatic carbocycles. The summed E-state index contributed by atoms with van der Waals surface area (Å²) >= 11 is 0. The molecule has 0 aliphatic heterocycles. The van der Waals surface area contributed by atoms with Crippen LogP contribution in [0.2, 0.25) is 0 Å². The molecule has 0 nitrogen and oxygen atoms in total. The molecule has 0 amide bonds. The van der Waals surface area contributed by atoms with Crippen molar-refractivity contribution in [3.8, 4) is 0 Å². The molecule has 0 saturated heterocycles. The maximum Gasteiger partial charge on any atom is 0 e. The van der Waals surface area contributed by atoms with Crippen LogP contribution in [0.4, 0.5) is 0 Å². The van der Waals surface area contributed by atoms with E-state index in [2.05, 4.69) is 38.1 Å². The van der Waals surface area contributed by atoms with E-state index in [1.807, 2.05) is 24.3 Å². The Hall–Kier alpha value is -0.664. The third-order valence-corrected chi connectivity index (χ3v) is 1.66. The molecular formula is C12H14Os-2. The Labute approximate surface area is 93.4 Å². The van der Waals surface area contributed by atoms with Gasteiger partial charge in [0.1, 0.15) is 0 Å². The predicted molar refractivity (Wildman–Crippen MR) is 53.5 cm³/mol. The quantitative estimate of drug-likeness (QED) is 0.640. The van der Waals surface area contributed by atoms with E-state index >= 15 is 0 Å². The Kier molecular flexibility index (Phi) is 6.46. The number of hydrogen-bond acceptors (Lipinski definition) is 0. The molecule has 0 aliphatic carbocycles. The van der Waals surface area contributed by atoms with Crippen molar-refractivity contribution in [2.45, 2.75) is 13.8 Å². The van der Waals surface area contributed by atoms with Gasteiger partial charge in [0.15, 0.2) is 0 Å². The van der Waals surface area contributed by atoms with Crippen molar-refractivity contribution in [1.82, 2.24) is 0 Å². The average molecular weight is 348 g/mol. The monoisotopic (exact) mass is 350 g/mol. The third-order valence-electron chi connectivity index (χ3n) is 1.66. The van der Waals surface area contributed by atoms with Gasteiger partial charge in [-0.15, -0.1) is 0 Å². The molecule has 72 valence electrons. The van der Waals surface area contributed by atoms with Crippen LogP contribution in [0.1, 0.15) is 11.1 Å². The van der Waals surface area contributed by atoms with Crippen LogP contribution in [-0.4, -0.2) is 0 Å². The number of hydrogen-bond donors (Lipinski definition) is 0. The molecule has 0 unspecified atom stereocenters. The molecule has 0 saturated carbocycles. The van der Waals surface area contributed by atoms with Gasteiger partial charge in [-0.2, -0.15) is 35.4 Å². The van der Waals surface area contributed by atoms with Gasteiger partial charge in [-0.25, -0.2) is 24.3 Å². The van der Waals surface area contributed by atoms with Crippen molar-refractivity contribution in [3.63, 3.8) is 0 Å². The van der Waals surface area contributed by atoms with Crippen LogP contribution in [0.3, 0.4) is 0 Å². The fourth-order valence-electron chi connectivity index (χ4n) is 0.940. The molecule has 1 heteroatoms. The summed E-state index contributed by atoms with van der Waals surface area (Å²) < 4.78 is 0. The molecule has 0 fully saturated rings. The van der Waals surface area contributed by atoms with E-state index in [0.29, 0.717) is 0 Å².